The van der Waals surface area contributed by atoms with Gasteiger partial charge in [-0.2, -0.15) is 0 Å². The molecule has 0 saturated carbocycles. The SMILES string of the molecule is CC(C)(C)C(=O)Nc1ncccc1CN1CCCC(c2cc(=O)[nH]cn2)C1. The minimum absolute atomic E-state index is 0.0494. The van der Waals surface area contributed by atoms with E-state index in [1.54, 1.807) is 12.3 Å². The normalized spacial score (nSPS) is 18.3. The molecule has 0 bridgehead atoms. The maximum Gasteiger partial charge on any atom is 0.250 e. The van der Waals surface area contributed by atoms with Gasteiger partial charge in [0.1, 0.15) is 5.82 Å². The molecule has 27 heavy (non-hydrogen) atoms. The largest absolute Gasteiger partial charge is 0.313 e. The van der Waals surface area contributed by atoms with E-state index in [9.17, 15) is 9.59 Å². The Morgan fingerprint density at radius 2 is 2.19 bits per heavy atom. The van der Waals surface area contributed by atoms with Crippen LogP contribution in [0.4, 0.5) is 5.82 Å². The monoisotopic (exact) mass is 369 g/mol. The van der Waals surface area contributed by atoms with Gasteiger partial charge in [-0.1, -0.05) is 26.8 Å². The molecule has 0 spiro atoms. The number of amides is 1. The first kappa shape index (κ1) is 19.2. The van der Waals surface area contributed by atoms with Crippen molar-refractivity contribution in [2.45, 2.75) is 46.1 Å². The Bertz CT molecular complexity index is 856. The number of aromatic amines is 1. The second-order valence-electron chi connectivity index (χ2n) is 8.13. The van der Waals surface area contributed by atoms with E-state index in [1.807, 2.05) is 32.9 Å². The highest BCUT2D eigenvalue weighted by molar-refractivity contribution is 5.94. The lowest BCUT2D eigenvalue weighted by Gasteiger charge is -2.32. The molecule has 1 aliphatic heterocycles. The first-order valence-electron chi connectivity index (χ1n) is 9.35. The Kier molecular flexibility index (Phi) is 5.70. The quantitative estimate of drug-likeness (QED) is 0.864. The van der Waals surface area contributed by atoms with Crippen molar-refractivity contribution in [2.24, 2.45) is 5.41 Å². The first-order valence-corrected chi connectivity index (χ1v) is 9.35. The maximum absolute atomic E-state index is 12.3. The number of hydrogen-bond acceptors (Lipinski definition) is 5. The van der Waals surface area contributed by atoms with Crippen LogP contribution in [-0.2, 0) is 11.3 Å². The van der Waals surface area contributed by atoms with E-state index in [0.29, 0.717) is 12.4 Å². The molecule has 1 atom stereocenters. The smallest absolute Gasteiger partial charge is 0.250 e. The van der Waals surface area contributed by atoms with Crippen LogP contribution in [0.15, 0.2) is 35.5 Å². The molecule has 1 fully saturated rings. The summed E-state index contributed by atoms with van der Waals surface area (Å²) in [4.78, 5) is 37.5. The predicted molar refractivity (Wildman–Crippen MR) is 104 cm³/mol. The van der Waals surface area contributed by atoms with Crippen molar-refractivity contribution in [3.8, 4) is 0 Å². The van der Waals surface area contributed by atoms with Gasteiger partial charge in [0.2, 0.25) is 5.91 Å². The summed E-state index contributed by atoms with van der Waals surface area (Å²) >= 11 is 0. The van der Waals surface area contributed by atoms with E-state index in [0.717, 1.165) is 37.2 Å². The second kappa shape index (κ2) is 8.00. The third kappa shape index (κ3) is 5.01. The standard InChI is InChI=1S/C20H27N5O2/c1-20(2,3)19(27)24-18-15(6-4-8-21-18)12-25-9-5-7-14(11-25)16-10-17(26)23-13-22-16/h4,6,8,10,13-14H,5,7,9,11-12H2,1-3H3,(H,21,24,27)(H,22,23,26). The van der Waals surface area contributed by atoms with Gasteiger partial charge in [0.15, 0.2) is 0 Å². The molecule has 144 valence electrons. The van der Waals surface area contributed by atoms with E-state index in [1.165, 1.54) is 6.33 Å². The summed E-state index contributed by atoms with van der Waals surface area (Å²) in [5, 5.41) is 2.96. The average molecular weight is 369 g/mol. The third-order valence-electron chi connectivity index (χ3n) is 4.82. The predicted octanol–water partition coefficient (Wildman–Crippen LogP) is 2.53. The molecule has 7 heteroatoms. The summed E-state index contributed by atoms with van der Waals surface area (Å²) in [7, 11) is 0. The van der Waals surface area contributed by atoms with Gasteiger partial charge < -0.3 is 10.3 Å². The Balaban J connectivity index is 1.72. The number of anilines is 1. The van der Waals surface area contributed by atoms with Crippen molar-refractivity contribution in [2.75, 3.05) is 18.4 Å². The number of carbonyl (C=O) groups is 1. The van der Waals surface area contributed by atoms with Gasteiger partial charge >= 0.3 is 0 Å². The number of carbonyl (C=O) groups excluding carboxylic acids is 1. The number of piperidine rings is 1. The number of rotatable bonds is 4. The highest BCUT2D eigenvalue weighted by Gasteiger charge is 2.25. The number of nitrogens with zero attached hydrogens (tertiary/aromatic N) is 3. The van der Waals surface area contributed by atoms with Gasteiger partial charge in [0, 0.05) is 42.2 Å². The Morgan fingerprint density at radius 1 is 1.37 bits per heavy atom. The molecule has 0 aromatic carbocycles. The van der Waals surface area contributed by atoms with E-state index >= 15 is 0 Å². The first-order chi connectivity index (χ1) is 12.8. The summed E-state index contributed by atoms with van der Waals surface area (Å²) < 4.78 is 0. The molecule has 0 aliphatic carbocycles. The van der Waals surface area contributed by atoms with Crippen molar-refractivity contribution in [1.82, 2.24) is 19.9 Å². The second-order valence-corrected chi connectivity index (χ2v) is 8.13. The van der Waals surface area contributed by atoms with Crippen LogP contribution in [0.25, 0.3) is 0 Å². The number of pyridine rings is 1. The van der Waals surface area contributed by atoms with Crippen molar-refractivity contribution in [3.05, 3.63) is 52.3 Å². The molecule has 2 N–H and O–H groups in total. The molecule has 1 amide bonds. The summed E-state index contributed by atoms with van der Waals surface area (Å²) in [6.07, 6.45) is 5.23. The van der Waals surface area contributed by atoms with Crippen LogP contribution in [0.3, 0.4) is 0 Å². The van der Waals surface area contributed by atoms with E-state index < -0.39 is 5.41 Å². The summed E-state index contributed by atoms with van der Waals surface area (Å²) in [6, 6.07) is 5.48. The fourth-order valence-corrected chi connectivity index (χ4v) is 3.26. The fraction of sp³-hybridized carbons (Fsp3) is 0.500. The zero-order valence-corrected chi connectivity index (χ0v) is 16.2. The van der Waals surface area contributed by atoms with Gasteiger partial charge in [0.05, 0.1) is 12.0 Å². The topological polar surface area (TPSA) is 91.0 Å². The van der Waals surface area contributed by atoms with Crippen molar-refractivity contribution < 1.29 is 4.79 Å². The van der Waals surface area contributed by atoms with Crippen LogP contribution < -0.4 is 10.9 Å². The molecule has 7 nitrogen and oxygen atoms in total. The number of hydrogen-bond donors (Lipinski definition) is 2. The lowest BCUT2D eigenvalue weighted by Crippen LogP contribution is -2.35. The number of aromatic nitrogens is 3. The molecule has 3 rings (SSSR count). The van der Waals surface area contributed by atoms with E-state index in [-0.39, 0.29) is 17.4 Å². The molecular weight excluding hydrogens is 342 g/mol. The molecule has 2 aromatic heterocycles. The van der Waals surface area contributed by atoms with E-state index in [2.05, 4.69) is 25.2 Å². The van der Waals surface area contributed by atoms with Gasteiger partial charge in [-0.25, -0.2) is 9.97 Å². The van der Waals surface area contributed by atoms with Crippen LogP contribution >= 0.6 is 0 Å². The molecular formula is C20H27N5O2. The number of likely N-dealkylation sites (tertiary alicyclic amines) is 1. The van der Waals surface area contributed by atoms with E-state index in [4.69, 9.17) is 0 Å². The average Bonchev–Trinajstić information content (AvgIpc) is 2.63. The zero-order chi connectivity index (χ0) is 19.4. The lowest BCUT2D eigenvalue weighted by molar-refractivity contribution is -0.123. The van der Waals surface area contributed by atoms with Crippen LogP contribution in [0.5, 0.6) is 0 Å². The molecule has 3 heterocycles. The Labute approximate surface area is 159 Å². The number of nitrogens with one attached hydrogen (secondary N) is 2. The molecule has 1 unspecified atom stereocenters. The molecule has 1 saturated heterocycles. The van der Waals surface area contributed by atoms with Crippen molar-refractivity contribution in [1.29, 1.82) is 0 Å². The van der Waals surface area contributed by atoms with Crippen LogP contribution in [0.1, 0.15) is 50.8 Å². The van der Waals surface area contributed by atoms with Crippen LogP contribution in [0, 0.1) is 5.41 Å². The lowest BCUT2D eigenvalue weighted by atomic mass is 9.94. The minimum Gasteiger partial charge on any atom is -0.313 e. The van der Waals surface area contributed by atoms with Crippen LogP contribution in [-0.4, -0.2) is 38.8 Å². The summed E-state index contributed by atoms with van der Waals surface area (Å²) in [6.45, 7) is 8.16. The van der Waals surface area contributed by atoms with Gasteiger partial charge in [0.25, 0.3) is 5.56 Å². The molecule has 1 aliphatic rings. The summed E-state index contributed by atoms with van der Waals surface area (Å²) in [5.41, 5.74) is 1.25. The van der Waals surface area contributed by atoms with Gasteiger partial charge in [-0.3, -0.25) is 14.5 Å². The fourth-order valence-electron chi connectivity index (χ4n) is 3.26. The summed E-state index contributed by atoms with van der Waals surface area (Å²) in [5.74, 6) is 0.811. The van der Waals surface area contributed by atoms with Crippen molar-refractivity contribution in [3.63, 3.8) is 0 Å². The highest BCUT2D eigenvalue weighted by atomic mass is 16.2. The van der Waals surface area contributed by atoms with Gasteiger partial charge in [-0.05, 0) is 25.5 Å². The minimum atomic E-state index is -0.475. The van der Waals surface area contributed by atoms with Gasteiger partial charge in [-0.15, -0.1) is 0 Å². The Hall–Kier alpha value is -2.54. The maximum atomic E-state index is 12.3. The molecule has 2 aromatic rings. The molecule has 0 radical (unpaired) electrons. The van der Waals surface area contributed by atoms with Crippen molar-refractivity contribution >= 4 is 11.7 Å². The number of H-pyrrole nitrogens is 1. The van der Waals surface area contributed by atoms with Crippen LogP contribution in [0.2, 0.25) is 0 Å². The Morgan fingerprint density at radius 3 is 2.93 bits per heavy atom. The highest BCUT2D eigenvalue weighted by Crippen LogP contribution is 2.27. The third-order valence-corrected chi connectivity index (χ3v) is 4.82. The zero-order valence-electron chi connectivity index (χ0n) is 16.2.